The number of nitrogens with zero attached hydrogens (tertiary/aromatic N) is 1. The van der Waals surface area contributed by atoms with Crippen LogP contribution in [-0.4, -0.2) is 43.8 Å². The normalized spacial score (nSPS) is 11.8. The molecule has 0 saturated heterocycles. The quantitative estimate of drug-likeness (QED) is 0.144. The van der Waals surface area contributed by atoms with Gasteiger partial charge in [0, 0.05) is 44.6 Å². The number of benzene rings is 4. The number of carboxylic acids is 2. The first-order valence-corrected chi connectivity index (χ1v) is 14.0. The number of anilines is 2. The Morgan fingerprint density at radius 1 is 0.762 bits per heavy atom. The molecule has 212 valence electrons. The highest BCUT2D eigenvalue weighted by Gasteiger charge is 2.20. The predicted octanol–water partition coefficient (Wildman–Crippen LogP) is 6.58. The zero-order valence-corrected chi connectivity index (χ0v) is 23.6. The number of para-hydroxylation sites is 1. The molecule has 0 spiro atoms. The number of thioether (sulfide) groups is 1. The molecule has 2 amide bonds. The lowest BCUT2D eigenvalue weighted by molar-refractivity contribution is -0.115. The number of aromatic nitrogens is 1. The van der Waals surface area contributed by atoms with Gasteiger partial charge in [-0.1, -0.05) is 18.2 Å². The molecule has 1 atom stereocenters. The Bertz CT molecular complexity index is 1860. The molecule has 4 N–H and O–H groups in total. The first-order chi connectivity index (χ1) is 20.2. The summed E-state index contributed by atoms with van der Waals surface area (Å²) in [6, 6.07) is 24.2. The molecule has 10 heteroatoms. The van der Waals surface area contributed by atoms with E-state index in [0.717, 1.165) is 39.3 Å². The number of aryl methyl sites for hydroxylation is 1. The second-order valence-corrected chi connectivity index (χ2v) is 11.0. The molecule has 1 heterocycles. The minimum Gasteiger partial charge on any atom is -0.478 e. The number of hydrogen-bond donors (Lipinski definition) is 4. The van der Waals surface area contributed by atoms with Crippen LogP contribution in [0.4, 0.5) is 11.4 Å². The number of nitrogens with one attached hydrogen (secondary N) is 2. The fourth-order valence-electron chi connectivity index (χ4n) is 4.84. The zero-order valence-electron chi connectivity index (χ0n) is 22.8. The Labute approximate surface area is 245 Å². The Hall–Kier alpha value is -5.09. The van der Waals surface area contributed by atoms with Gasteiger partial charge in [-0.25, -0.2) is 9.59 Å². The number of fused-ring (bicyclic) bond motifs is 3. The third-order valence-corrected chi connectivity index (χ3v) is 8.00. The van der Waals surface area contributed by atoms with Crippen molar-refractivity contribution < 1.29 is 29.4 Å². The Balaban J connectivity index is 1.24. The molecule has 1 unspecified atom stereocenters. The molecule has 0 bridgehead atoms. The van der Waals surface area contributed by atoms with Crippen molar-refractivity contribution in [2.24, 2.45) is 0 Å². The minimum absolute atomic E-state index is 0.151. The van der Waals surface area contributed by atoms with Gasteiger partial charge < -0.3 is 25.4 Å². The Kier molecular flexibility index (Phi) is 7.99. The number of hydrogen-bond acceptors (Lipinski definition) is 5. The summed E-state index contributed by atoms with van der Waals surface area (Å²) in [6.07, 6.45) is 0. The molecule has 0 fully saturated rings. The summed E-state index contributed by atoms with van der Waals surface area (Å²) in [5.41, 5.74) is 2.61. The number of aromatic carboxylic acids is 2. The second kappa shape index (κ2) is 11.8. The van der Waals surface area contributed by atoms with E-state index >= 15 is 0 Å². The van der Waals surface area contributed by atoms with Crippen molar-refractivity contribution in [1.29, 1.82) is 0 Å². The second-order valence-electron chi connectivity index (χ2n) is 9.59. The van der Waals surface area contributed by atoms with Crippen molar-refractivity contribution >= 4 is 68.7 Å². The third kappa shape index (κ3) is 5.70. The predicted molar refractivity (Wildman–Crippen MR) is 164 cm³/mol. The average Bonchev–Trinajstić information content (AvgIpc) is 3.30. The van der Waals surface area contributed by atoms with Crippen molar-refractivity contribution in [3.8, 4) is 0 Å². The van der Waals surface area contributed by atoms with Crippen molar-refractivity contribution in [1.82, 2.24) is 4.57 Å². The van der Waals surface area contributed by atoms with Gasteiger partial charge in [-0.3, -0.25) is 9.59 Å². The first kappa shape index (κ1) is 28.4. The molecule has 4 aromatic carbocycles. The summed E-state index contributed by atoms with van der Waals surface area (Å²) in [7, 11) is 0. The standard InChI is InChI=1S/C32H27N3O6S/c1-3-35-27-7-5-4-6-23(27)25-17-21(11-15-28(25)35)34-29(36)18(2)42-22-12-9-20(10-13-22)33-30(37)24-14-8-19(31(38)39)16-26(24)32(40)41/h4-18H,3H2,1-2H3,(H,33,37)(H,34,36)(H,38,39)(H,40,41). The van der Waals surface area contributed by atoms with Gasteiger partial charge in [0.15, 0.2) is 0 Å². The molecule has 42 heavy (non-hydrogen) atoms. The molecular weight excluding hydrogens is 554 g/mol. The Morgan fingerprint density at radius 2 is 1.45 bits per heavy atom. The molecule has 9 nitrogen and oxygen atoms in total. The van der Waals surface area contributed by atoms with Crippen molar-refractivity contribution in [2.45, 2.75) is 30.5 Å². The van der Waals surface area contributed by atoms with E-state index in [9.17, 15) is 24.3 Å². The van der Waals surface area contributed by atoms with Gasteiger partial charge >= 0.3 is 11.9 Å². The molecule has 0 aliphatic rings. The lowest BCUT2D eigenvalue weighted by Crippen LogP contribution is -2.22. The lowest BCUT2D eigenvalue weighted by Gasteiger charge is -2.13. The van der Waals surface area contributed by atoms with Crippen molar-refractivity contribution in [2.75, 3.05) is 10.6 Å². The van der Waals surface area contributed by atoms with E-state index in [1.807, 2.05) is 37.3 Å². The van der Waals surface area contributed by atoms with Crippen LogP contribution in [0.1, 0.15) is 44.9 Å². The maximum absolute atomic E-state index is 13.0. The molecule has 0 radical (unpaired) electrons. The lowest BCUT2D eigenvalue weighted by atomic mass is 10.0. The fraction of sp³-hybridized carbons (Fsp3) is 0.125. The van der Waals surface area contributed by atoms with Crippen LogP contribution in [0.2, 0.25) is 0 Å². The van der Waals surface area contributed by atoms with E-state index < -0.39 is 28.7 Å². The maximum Gasteiger partial charge on any atom is 0.336 e. The monoisotopic (exact) mass is 581 g/mol. The van der Waals surface area contributed by atoms with Crippen LogP contribution in [0.3, 0.4) is 0 Å². The number of carboxylic acid groups (broad SMARTS) is 2. The molecule has 5 aromatic rings. The van der Waals surface area contributed by atoms with E-state index in [-0.39, 0.29) is 17.0 Å². The number of amides is 2. The van der Waals surface area contributed by atoms with E-state index in [1.54, 1.807) is 24.3 Å². The van der Waals surface area contributed by atoms with Gasteiger partial charge in [-0.2, -0.15) is 0 Å². The molecule has 5 rings (SSSR count). The molecule has 1 aromatic heterocycles. The minimum atomic E-state index is -1.41. The first-order valence-electron chi connectivity index (χ1n) is 13.2. The van der Waals surface area contributed by atoms with Crippen molar-refractivity contribution in [3.05, 3.63) is 102 Å². The van der Waals surface area contributed by atoms with Crippen LogP contribution in [-0.2, 0) is 11.3 Å². The molecule has 0 aliphatic carbocycles. The largest absolute Gasteiger partial charge is 0.478 e. The topological polar surface area (TPSA) is 138 Å². The van der Waals surface area contributed by atoms with Gasteiger partial charge in [0.05, 0.1) is 21.9 Å². The van der Waals surface area contributed by atoms with E-state index in [0.29, 0.717) is 11.4 Å². The van der Waals surface area contributed by atoms with Gasteiger partial charge in [0.1, 0.15) is 0 Å². The van der Waals surface area contributed by atoms with E-state index in [4.69, 9.17) is 5.11 Å². The summed E-state index contributed by atoms with van der Waals surface area (Å²) in [5, 5.41) is 26.0. The molecule has 0 saturated carbocycles. The van der Waals surface area contributed by atoms with Gasteiger partial charge in [0.25, 0.3) is 5.91 Å². The number of rotatable bonds is 9. The van der Waals surface area contributed by atoms with Crippen LogP contribution < -0.4 is 10.6 Å². The SMILES string of the molecule is CCn1c2ccccc2c2cc(NC(=O)C(C)Sc3ccc(NC(=O)c4ccc(C(=O)O)cc4C(=O)O)cc3)ccc21. The highest BCUT2D eigenvalue weighted by molar-refractivity contribution is 8.00. The van der Waals surface area contributed by atoms with Gasteiger partial charge in [-0.05, 0) is 80.6 Å². The average molecular weight is 582 g/mol. The van der Waals surface area contributed by atoms with Gasteiger partial charge in [-0.15, -0.1) is 11.8 Å². The third-order valence-electron chi connectivity index (χ3n) is 6.89. The van der Waals surface area contributed by atoms with E-state index in [2.05, 4.69) is 34.3 Å². The van der Waals surface area contributed by atoms with Crippen LogP contribution in [0.25, 0.3) is 21.8 Å². The van der Waals surface area contributed by atoms with Crippen LogP contribution in [0.15, 0.2) is 89.8 Å². The van der Waals surface area contributed by atoms with Crippen LogP contribution in [0.5, 0.6) is 0 Å². The fourth-order valence-corrected chi connectivity index (χ4v) is 5.71. The number of carbonyl (C=O) groups is 4. The molecule has 0 aliphatic heterocycles. The summed E-state index contributed by atoms with van der Waals surface area (Å²) in [6.45, 7) is 4.76. The van der Waals surface area contributed by atoms with Crippen molar-refractivity contribution in [3.63, 3.8) is 0 Å². The summed E-state index contributed by atoms with van der Waals surface area (Å²) in [4.78, 5) is 49.3. The summed E-state index contributed by atoms with van der Waals surface area (Å²) < 4.78 is 2.25. The summed E-state index contributed by atoms with van der Waals surface area (Å²) in [5.74, 6) is -3.53. The maximum atomic E-state index is 13.0. The zero-order chi connectivity index (χ0) is 30.0. The highest BCUT2D eigenvalue weighted by atomic mass is 32.2. The summed E-state index contributed by atoms with van der Waals surface area (Å²) >= 11 is 1.36. The Morgan fingerprint density at radius 3 is 2.14 bits per heavy atom. The van der Waals surface area contributed by atoms with Crippen LogP contribution in [0, 0.1) is 0 Å². The van der Waals surface area contributed by atoms with Gasteiger partial charge in [0.2, 0.25) is 5.91 Å². The van der Waals surface area contributed by atoms with Crippen LogP contribution >= 0.6 is 11.8 Å². The van der Waals surface area contributed by atoms with E-state index in [1.165, 1.54) is 23.9 Å². The number of carbonyl (C=O) groups excluding carboxylic acids is 2. The smallest absolute Gasteiger partial charge is 0.336 e. The highest BCUT2D eigenvalue weighted by Crippen LogP contribution is 2.32. The molecular formula is C32H27N3O6S.